The zero-order valence-corrected chi connectivity index (χ0v) is 13.4. The molecule has 0 bridgehead atoms. The Morgan fingerprint density at radius 1 is 1.48 bits per heavy atom. The quantitative estimate of drug-likeness (QED) is 0.837. The van der Waals surface area contributed by atoms with E-state index in [1.807, 2.05) is 6.07 Å². The molecule has 6 heteroatoms. The largest absolute Gasteiger partial charge is 0.467 e. The summed E-state index contributed by atoms with van der Waals surface area (Å²) in [5, 5.41) is 0. The molecular formula is C15H23NO4S. The molecule has 0 saturated carbocycles. The molecule has 1 aliphatic rings. The zero-order chi connectivity index (χ0) is 15.5. The molecule has 2 rings (SSSR count). The molecule has 118 valence electrons. The van der Waals surface area contributed by atoms with E-state index in [-0.39, 0.29) is 17.7 Å². The Hall–Kier alpha value is -1.30. The minimum absolute atomic E-state index is 0.0639. The highest BCUT2D eigenvalue weighted by Crippen LogP contribution is 2.34. The summed E-state index contributed by atoms with van der Waals surface area (Å²) in [6, 6.07) is 3.50. The summed E-state index contributed by atoms with van der Waals surface area (Å²) in [6.45, 7) is 4.54. The molecule has 0 spiro atoms. The van der Waals surface area contributed by atoms with E-state index in [1.165, 1.54) is 0 Å². The van der Waals surface area contributed by atoms with E-state index in [0.717, 1.165) is 18.6 Å². The third kappa shape index (κ3) is 4.09. The molecule has 1 amide bonds. The van der Waals surface area contributed by atoms with Crippen molar-refractivity contribution in [3.63, 3.8) is 0 Å². The fraction of sp³-hybridized carbons (Fsp3) is 0.667. The molecule has 2 heterocycles. The Kier molecular flexibility index (Phi) is 5.08. The van der Waals surface area contributed by atoms with Crippen LogP contribution in [0.25, 0.3) is 0 Å². The van der Waals surface area contributed by atoms with E-state index in [9.17, 15) is 13.2 Å². The maximum Gasteiger partial charge on any atom is 0.238 e. The predicted molar refractivity (Wildman–Crippen MR) is 80.5 cm³/mol. The summed E-state index contributed by atoms with van der Waals surface area (Å²) in [5.41, 5.74) is 0. The van der Waals surface area contributed by atoms with E-state index in [0.29, 0.717) is 18.9 Å². The molecule has 0 aromatic carbocycles. The molecule has 21 heavy (non-hydrogen) atoms. The lowest BCUT2D eigenvalue weighted by atomic mass is 9.91. The molecule has 1 fully saturated rings. The normalized spacial score (nSPS) is 23.2. The van der Waals surface area contributed by atoms with E-state index < -0.39 is 15.6 Å². The number of furan rings is 1. The van der Waals surface area contributed by atoms with Crippen LogP contribution in [-0.4, -0.2) is 37.3 Å². The number of rotatable bonds is 5. The summed E-state index contributed by atoms with van der Waals surface area (Å²) in [4.78, 5) is 14.1. The van der Waals surface area contributed by atoms with Gasteiger partial charge in [0.25, 0.3) is 0 Å². The van der Waals surface area contributed by atoms with Crippen LogP contribution in [0, 0.1) is 5.92 Å². The van der Waals surface area contributed by atoms with Crippen molar-refractivity contribution in [2.45, 2.75) is 39.2 Å². The minimum Gasteiger partial charge on any atom is -0.467 e. The molecule has 1 aliphatic heterocycles. The molecule has 0 aliphatic carbocycles. The van der Waals surface area contributed by atoms with Crippen molar-refractivity contribution in [2.24, 2.45) is 5.92 Å². The third-order valence-corrected chi connectivity index (χ3v) is 5.63. The molecule has 1 saturated heterocycles. The van der Waals surface area contributed by atoms with Gasteiger partial charge < -0.3 is 9.32 Å². The summed E-state index contributed by atoms with van der Waals surface area (Å²) < 4.78 is 29.2. The molecule has 1 aromatic rings. The van der Waals surface area contributed by atoms with Gasteiger partial charge in [0.15, 0.2) is 9.84 Å². The summed E-state index contributed by atoms with van der Waals surface area (Å²) in [5.74, 6) is 0.594. The number of hydrogen-bond donors (Lipinski definition) is 0. The Morgan fingerprint density at radius 2 is 2.24 bits per heavy atom. The first kappa shape index (κ1) is 16.1. The molecule has 0 N–H and O–H groups in total. The Morgan fingerprint density at radius 3 is 2.86 bits per heavy atom. The van der Waals surface area contributed by atoms with Crippen LogP contribution in [0.5, 0.6) is 0 Å². The van der Waals surface area contributed by atoms with Crippen LogP contribution in [0.15, 0.2) is 22.8 Å². The number of amides is 1. The summed E-state index contributed by atoms with van der Waals surface area (Å²) in [6.07, 6.45) is 3.84. The Balaban J connectivity index is 2.14. The van der Waals surface area contributed by atoms with Crippen LogP contribution in [0.2, 0.25) is 0 Å². The number of likely N-dealkylation sites (tertiary alicyclic amines) is 1. The van der Waals surface area contributed by atoms with Gasteiger partial charge in [0.05, 0.1) is 18.1 Å². The van der Waals surface area contributed by atoms with Crippen LogP contribution >= 0.6 is 0 Å². The van der Waals surface area contributed by atoms with E-state index in [1.54, 1.807) is 24.2 Å². The second-order valence-corrected chi connectivity index (χ2v) is 8.02. The molecular weight excluding hydrogens is 290 g/mol. The van der Waals surface area contributed by atoms with Gasteiger partial charge in [-0.1, -0.05) is 13.8 Å². The maximum absolute atomic E-state index is 12.4. The Labute approximate surface area is 126 Å². The van der Waals surface area contributed by atoms with Crippen LogP contribution in [0.3, 0.4) is 0 Å². The monoisotopic (exact) mass is 313 g/mol. The highest BCUT2D eigenvalue weighted by Gasteiger charge is 2.34. The van der Waals surface area contributed by atoms with Gasteiger partial charge in [-0.2, -0.15) is 0 Å². The predicted octanol–water partition coefficient (Wildman–Crippen LogP) is 2.40. The number of piperidine rings is 1. The van der Waals surface area contributed by atoms with E-state index in [2.05, 4.69) is 6.92 Å². The van der Waals surface area contributed by atoms with Gasteiger partial charge in [0.1, 0.15) is 11.5 Å². The smallest absolute Gasteiger partial charge is 0.238 e. The minimum atomic E-state index is -3.31. The molecule has 1 aromatic heterocycles. The fourth-order valence-electron chi connectivity index (χ4n) is 2.84. The van der Waals surface area contributed by atoms with Crippen LogP contribution < -0.4 is 0 Å². The van der Waals surface area contributed by atoms with Gasteiger partial charge in [0.2, 0.25) is 5.91 Å². The fourth-order valence-corrected chi connectivity index (χ4v) is 4.15. The second-order valence-electron chi connectivity index (χ2n) is 5.84. The van der Waals surface area contributed by atoms with Gasteiger partial charge >= 0.3 is 0 Å². The molecule has 5 nitrogen and oxygen atoms in total. The van der Waals surface area contributed by atoms with Gasteiger partial charge in [-0.15, -0.1) is 0 Å². The van der Waals surface area contributed by atoms with Gasteiger partial charge in [-0.05, 0) is 37.3 Å². The first-order chi connectivity index (χ1) is 9.93. The van der Waals surface area contributed by atoms with Crippen molar-refractivity contribution in [3.8, 4) is 0 Å². The van der Waals surface area contributed by atoms with Crippen molar-refractivity contribution < 1.29 is 17.6 Å². The number of nitrogens with zero attached hydrogens (tertiary/aromatic N) is 1. The summed E-state index contributed by atoms with van der Waals surface area (Å²) >= 11 is 0. The van der Waals surface area contributed by atoms with Crippen molar-refractivity contribution in [2.75, 3.05) is 18.1 Å². The average molecular weight is 313 g/mol. The molecule has 2 unspecified atom stereocenters. The Bertz CT molecular complexity index is 565. The molecule has 2 atom stereocenters. The lowest BCUT2D eigenvalue weighted by Crippen LogP contribution is -2.43. The lowest BCUT2D eigenvalue weighted by molar-refractivity contribution is -0.133. The molecule has 0 radical (unpaired) electrons. The van der Waals surface area contributed by atoms with Crippen LogP contribution in [0.1, 0.15) is 44.9 Å². The number of carbonyl (C=O) groups excluding carboxylic acids is 1. The van der Waals surface area contributed by atoms with Crippen molar-refractivity contribution >= 4 is 15.7 Å². The maximum atomic E-state index is 12.4. The third-order valence-electron chi connectivity index (χ3n) is 3.92. The van der Waals surface area contributed by atoms with Crippen molar-refractivity contribution in [1.29, 1.82) is 0 Å². The van der Waals surface area contributed by atoms with Gasteiger partial charge in [-0.3, -0.25) is 4.79 Å². The van der Waals surface area contributed by atoms with Crippen LogP contribution in [0.4, 0.5) is 0 Å². The van der Waals surface area contributed by atoms with Gasteiger partial charge in [-0.25, -0.2) is 8.42 Å². The first-order valence-corrected chi connectivity index (χ1v) is 9.28. The summed E-state index contributed by atoms with van der Waals surface area (Å²) in [7, 11) is -3.31. The topological polar surface area (TPSA) is 67.6 Å². The SMILES string of the molecule is CCCS(=O)(=O)CC(=O)N1CCC(C)CC1c1ccco1. The zero-order valence-electron chi connectivity index (χ0n) is 12.6. The number of hydrogen-bond acceptors (Lipinski definition) is 4. The number of carbonyl (C=O) groups is 1. The average Bonchev–Trinajstić information content (AvgIpc) is 2.91. The van der Waals surface area contributed by atoms with E-state index in [4.69, 9.17) is 4.42 Å². The van der Waals surface area contributed by atoms with Gasteiger partial charge in [0, 0.05) is 6.54 Å². The van der Waals surface area contributed by atoms with Crippen molar-refractivity contribution in [1.82, 2.24) is 4.90 Å². The standard InChI is InChI=1S/C15H23NO4S/c1-3-9-21(18,19)11-15(17)16-7-6-12(2)10-13(16)14-5-4-8-20-14/h4-5,8,12-13H,3,6-7,9-11H2,1-2H3. The number of sulfone groups is 1. The van der Waals surface area contributed by atoms with Crippen molar-refractivity contribution in [3.05, 3.63) is 24.2 Å². The highest BCUT2D eigenvalue weighted by molar-refractivity contribution is 7.92. The highest BCUT2D eigenvalue weighted by atomic mass is 32.2. The van der Waals surface area contributed by atoms with Crippen LogP contribution in [-0.2, 0) is 14.6 Å². The van der Waals surface area contributed by atoms with E-state index >= 15 is 0 Å². The lowest BCUT2D eigenvalue weighted by Gasteiger charge is -2.37. The first-order valence-electron chi connectivity index (χ1n) is 7.46. The second kappa shape index (κ2) is 6.64.